The smallest absolute Gasteiger partial charge is 0.223 e. The fourth-order valence-electron chi connectivity index (χ4n) is 3.15. The molecule has 1 aliphatic heterocycles. The number of benzene rings is 1. The van der Waals surface area contributed by atoms with Crippen molar-refractivity contribution in [2.24, 2.45) is 5.92 Å². The van der Waals surface area contributed by atoms with Gasteiger partial charge < -0.3 is 15.3 Å². The van der Waals surface area contributed by atoms with Gasteiger partial charge in [-0.15, -0.1) is 0 Å². The summed E-state index contributed by atoms with van der Waals surface area (Å²) in [6.45, 7) is 2.17. The molecule has 0 bridgehead atoms. The van der Waals surface area contributed by atoms with Crippen molar-refractivity contribution in [3.05, 3.63) is 35.9 Å². The van der Waals surface area contributed by atoms with Gasteiger partial charge in [-0.1, -0.05) is 30.3 Å². The van der Waals surface area contributed by atoms with Crippen LogP contribution in [0.4, 0.5) is 0 Å². The summed E-state index contributed by atoms with van der Waals surface area (Å²) < 4.78 is 0. The first kappa shape index (κ1) is 14.5. The van der Waals surface area contributed by atoms with E-state index in [-0.39, 0.29) is 11.8 Å². The van der Waals surface area contributed by atoms with E-state index in [4.69, 9.17) is 0 Å². The van der Waals surface area contributed by atoms with Gasteiger partial charge in [0, 0.05) is 25.6 Å². The largest absolute Gasteiger partial charge is 0.388 e. The summed E-state index contributed by atoms with van der Waals surface area (Å²) in [7, 11) is 2.06. The highest BCUT2D eigenvalue weighted by atomic mass is 16.3. The summed E-state index contributed by atoms with van der Waals surface area (Å²) in [5.41, 5.74) is 0.523. The zero-order chi connectivity index (χ0) is 14.9. The molecule has 1 aromatic rings. The van der Waals surface area contributed by atoms with Gasteiger partial charge in [0.2, 0.25) is 5.91 Å². The summed E-state index contributed by atoms with van der Waals surface area (Å²) in [6, 6.07) is 10.2. The maximum Gasteiger partial charge on any atom is 0.223 e. The molecule has 1 heterocycles. The minimum atomic E-state index is -0.723. The van der Waals surface area contributed by atoms with Crippen LogP contribution in [0.1, 0.15) is 30.7 Å². The molecular formula is C17H24N2O2. The van der Waals surface area contributed by atoms with Crippen LogP contribution >= 0.6 is 0 Å². The number of nitrogens with one attached hydrogen (secondary N) is 1. The van der Waals surface area contributed by atoms with Crippen LogP contribution in [0.15, 0.2) is 30.3 Å². The Morgan fingerprint density at radius 1 is 1.33 bits per heavy atom. The lowest BCUT2D eigenvalue weighted by Crippen LogP contribution is -2.50. The maximum atomic E-state index is 12.2. The van der Waals surface area contributed by atoms with E-state index in [0.717, 1.165) is 32.4 Å². The van der Waals surface area contributed by atoms with Crippen LogP contribution in [0.3, 0.4) is 0 Å². The number of hydrogen-bond acceptors (Lipinski definition) is 3. The van der Waals surface area contributed by atoms with Crippen LogP contribution in [0.2, 0.25) is 0 Å². The van der Waals surface area contributed by atoms with Gasteiger partial charge in [-0.25, -0.2) is 0 Å². The van der Waals surface area contributed by atoms with E-state index in [0.29, 0.717) is 12.5 Å². The van der Waals surface area contributed by atoms with E-state index in [1.807, 2.05) is 18.2 Å². The van der Waals surface area contributed by atoms with Gasteiger partial charge in [-0.2, -0.15) is 0 Å². The lowest BCUT2D eigenvalue weighted by atomic mass is 9.91. The van der Waals surface area contributed by atoms with E-state index >= 15 is 0 Å². The second-order valence-electron chi connectivity index (χ2n) is 6.60. The minimum Gasteiger partial charge on any atom is -0.388 e. The number of piperidine rings is 1. The van der Waals surface area contributed by atoms with Gasteiger partial charge in [0.25, 0.3) is 0 Å². The van der Waals surface area contributed by atoms with Crippen molar-refractivity contribution in [3.63, 3.8) is 0 Å². The van der Waals surface area contributed by atoms with Crippen LogP contribution < -0.4 is 5.32 Å². The van der Waals surface area contributed by atoms with E-state index in [1.54, 1.807) is 0 Å². The Bertz CT molecular complexity index is 495. The Labute approximate surface area is 126 Å². The number of carbonyl (C=O) groups is 1. The molecule has 0 spiro atoms. The van der Waals surface area contributed by atoms with E-state index < -0.39 is 5.60 Å². The molecule has 2 aliphatic rings. The second kappa shape index (κ2) is 5.78. The molecular weight excluding hydrogens is 264 g/mol. The first-order valence-electron chi connectivity index (χ1n) is 7.81. The molecule has 4 heteroatoms. The molecule has 1 saturated heterocycles. The molecule has 1 aromatic carbocycles. The number of likely N-dealkylation sites (tertiary alicyclic amines) is 1. The number of carbonyl (C=O) groups excluding carboxylic acids is 1. The first-order valence-corrected chi connectivity index (χ1v) is 7.81. The van der Waals surface area contributed by atoms with Crippen LogP contribution in [-0.2, 0) is 4.79 Å². The first-order chi connectivity index (χ1) is 10.1. The Balaban J connectivity index is 1.48. The fourth-order valence-corrected chi connectivity index (χ4v) is 3.15. The lowest BCUT2D eigenvalue weighted by Gasteiger charge is -2.36. The van der Waals surface area contributed by atoms with Crippen molar-refractivity contribution in [2.45, 2.75) is 30.8 Å². The molecule has 1 amide bonds. The Hall–Kier alpha value is -1.39. The highest BCUT2D eigenvalue weighted by Gasteiger charge is 2.44. The molecule has 21 heavy (non-hydrogen) atoms. The Morgan fingerprint density at radius 3 is 2.67 bits per heavy atom. The van der Waals surface area contributed by atoms with E-state index in [2.05, 4.69) is 29.4 Å². The SMILES string of the molecule is CN1CCC(O)(CNC(=O)[C@@H]2C[C@H]2c2ccccc2)CC1. The molecule has 2 N–H and O–H groups in total. The molecule has 0 unspecified atom stereocenters. The van der Waals surface area contributed by atoms with Crippen molar-refractivity contribution in [1.82, 2.24) is 10.2 Å². The third-order valence-electron chi connectivity index (χ3n) is 4.86. The molecule has 1 aliphatic carbocycles. The molecule has 4 nitrogen and oxygen atoms in total. The van der Waals surface area contributed by atoms with Gasteiger partial charge in [0.1, 0.15) is 0 Å². The van der Waals surface area contributed by atoms with Gasteiger partial charge in [-0.3, -0.25) is 4.79 Å². The van der Waals surface area contributed by atoms with Crippen molar-refractivity contribution in [3.8, 4) is 0 Å². The topological polar surface area (TPSA) is 52.6 Å². The van der Waals surface area contributed by atoms with Crippen molar-refractivity contribution >= 4 is 5.91 Å². The predicted molar refractivity (Wildman–Crippen MR) is 82.0 cm³/mol. The molecule has 114 valence electrons. The number of hydrogen-bond donors (Lipinski definition) is 2. The number of nitrogens with zero attached hydrogens (tertiary/aromatic N) is 1. The molecule has 0 radical (unpaired) electrons. The quantitative estimate of drug-likeness (QED) is 0.879. The van der Waals surface area contributed by atoms with Crippen LogP contribution in [0.25, 0.3) is 0 Å². The monoisotopic (exact) mass is 288 g/mol. The summed E-state index contributed by atoms with van der Waals surface area (Å²) in [4.78, 5) is 14.4. The van der Waals surface area contributed by atoms with Gasteiger partial charge in [-0.05, 0) is 37.8 Å². The van der Waals surface area contributed by atoms with Gasteiger partial charge in [0.05, 0.1) is 5.60 Å². The highest BCUT2D eigenvalue weighted by molar-refractivity contribution is 5.82. The molecule has 2 atom stereocenters. The van der Waals surface area contributed by atoms with Gasteiger partial charge >= 0.3 is 0 Å². The summed E-state index contributed by atoms with van der Waals surface area (Å²) in [5, 5.41) is 13.4. The fraction of sp³-hybridized carbons (Fsp3) is 0.588. The number of aliphatic hydroxyl groups is 1. The molecule has 2 fully saturated rings. The summed E-state index contributed by atoms with van der Waals surface area (Å²) in [6.07, 6.45) is 2.39. The molecule has 1 saturated carbocycles. The third kappa shape index (κ3) is 3.44. The van der Waals surface area contributed by atoms with Gasteiger partial charge in [0.15, 0.2) is 0 Å². The average Bonchev–Trinajstić information content (AvgIpc) is 3.30. The summed E-state index contributed by atoms with van der Waals surface area (Å²) in [5.74, 6) is 0.539. The minimum absolute atomic E-state index is 0.0854. The molecule has 0 aromatic heterocycles. The van der Waals surface area contributed by atoms with E-state index in [9.17, 15) is 9.90 Å². The summed E-state index contributed by atoms with van der Waals surface area (Å²) >= 11 is 0. The normalized spacial score (nSPS) is 28.1. The van der Waals surface area contributed by atoms with Crippen molar-refractivity contribution < 1.29 is 9.90 Å². The number of rotatable bonds is 4. The van der Waals surface area contributed by atoms with Crippen LogP contribution in [0, 0.1) is 5.92 Å². The van der Waals surface area contributed by atoms with Crippen molar-refractivity contribution in [1.29, 1.82) is 0 Å². The number of amides is 1. The van der Waals surface area contributed by atoms with Crippen LogP contribution in [-0.4, -0.2) is 48.2 Å². The zero-order valence-electron chi connectivity index (χ0n) is 12.6. The Kier molecular flexibility index (Phi) is 4.00. The average molecular weight is 288 g/mol. The zero-order valence-corrected chi connectivity index (χ0v) is 12.6. The molecule has 3 rings (SSSR count). The van der Waals surface area contributed by atoms with Crippen LogP contribution in [0.5, 0.6) is 0 Å². The maximum absolute atomic E-state index is 12.2. The standard InChI is InChI=1S/C17H24N2O2/c1-19-9-7-17(21,8-10-19)12-18-16(20)15-11-14(15)13-5-3-2-4-6-13/h2-6,14-15,21H,7-12H2,1H3,(H,18,20)/t14-,15+/m0/s1. The highest BCUT2D eigenvalue weighted by Crippen LogP contribution is 2.47. The Morgan fingerprint density at radius 2 is 2.00 bits per heavy atom. The second-order valence-corrected chi connectivity index (χ2v) is 6.60. The predicted octanol–water partition coefficient (Wildman–Crippen LogP) is 1.36. The lowest BCUT2D eigenvalue weighted by molar-refractivity contribution is -0.124. The van der Waals surface area contributed by atoms with Crippen molar-refractivity contribution in [2.75, 3.05) is 26.7 Å². The van der Waals surface area contributed by atoms with E-state index in [1.165, 1.54) is 5.56 Å². The third-order valence-corrected chi connectivity index (χ3v) is 4.86.